The third-order valence-corrected chi connectivity index (χ3v) is 3.89. The molecule has 22 heavy (non-hydrogen) atoms. The minimum Gasteiger partial charge on any atom is -0.305 e. The van der Waals surface area contributed by atoms with Gasteiger partial charge in [-0.15, -0.1) is 49.6 Å². The van der Waals surface area contributed by atoms with Crippen molar-refractivity contribution in [1.82, 2.24) is 19.6 Å². The van der Waals surface area contributed by atoms with Gasteiger partial charge in [-0.25, -0.2) is 0 Å². The third kappa shape index (κ3) is 15.9. The zero-order valence-electron chi connectivity index (χ0n) is 14.5. The van der Waals surface area contributed by atoms with Crippen LogP contribution in [0.2, 0.25) is 0 Å². The summed E-state index contributed by atoms with van der Waals surface area (Å²) in [4.78, 5) is 9.84. The van der Waals surface area contributed by atoms with Crippen LogP contribution in [0.4, 0.5) is 0 Å². The molecule has 1 rings (SSSR count). The summed E-state index contributed by atoms with van der Waals surface area (Å²) < 4.78 is 0. The first-order chi connectivity index (χ1) is 8.58. The van der Waals surface area contributed by atoms with Crippen LogP contribution in [-0.2, 0) is 0 Å². The fourth-order valence-corrected chi connectivity index (χ4v) is 2.35. The van der Waals surface area contributed by atoms with E-state index in [0.717, 1.165) is 0 Å². The predicted molar refractivity (Wildman–Crippen MR) is 108 cm³/mol. The van der Waals surface area contributed by atoms with E-state index in [2.05, 4.69) is 47.8 Å². The van der Waals surface area contributed by atoms with Crippen LogP contribution in [0.1, 0.15) is 12.8 Å². The lowest BCUT2D eigenvalue weighted by Gasteiger charge is -2.26. The summed E-state index contributed by atoms with van der Waals surface area (Å²) in [5.74, 6) is 0. The van der Waals surface area contributed by atoms with E-state index in [4.69, 9.17) is 0 Å². The van der Waals surface area contributed by atoms with Crippen LogP contribution in [-0.4, -0.2) is 100 Å². The van der Waals surface area contributed by atoms with Crippen molar-refractivity contribution < 1.29 is 0 Å². The lowest BCUT2D eigenvalue weighted by atomic mass is 10.3. The van der Waals surface area contributed by atoms with Gasteiger partial charge in [0.25, 0.3) is 0 Å². The highest BCUT2D eigenvalue weighted by Crippen LogP contribution is 1.97. The Hall–Kier alpha value is 1.00. The van der Waals surface area contributed by atoms with Crippen LogP contribution >= 0.6 is 49.6 Å². The molecule has 1 fully saturated rings. The van der Waals surface area contributed by atoms with E-state index in [1.54, 1.807) is 0 Å². The van der Waals surface area contributed by atoms with Crippen LogP contribution in [0.25, 0.3) is 0 Å². The van der Waals surface area contributed by atoms with Gasteiger partial charge in [-0.05, 0) is 67.2 Å². The molecule has 4 nitrogen and oxygen atoms in total. The van der Waals surface area contributed by atoms with E-state index in [1.807, 2.05) is 0 Å². The number of nitrogens with zero attached hydrogens (tertiary/aromatic N) is 4. The second kappa shape index (κ2) is 18.3. The van der Waals surface area contributed by atoms with Crippen molar-refractivity contribution in [3.05, 3.63) is 0 Å². The standard InChI is InChI=1S/C14H32N4.4ClH/c1-15-7-5-8-17(3)13-14-18(4)10-6-9-16(2)12-11-15;;;;/h5-14H2,1-4H3;4*1H. The number of hydrogen-bond acceptors (Lipinski definition) is 4. The molecule has 1 saturated heterocycles. The average molecular weight is 402 g/mol. The van der Waals surface area contributed by atoms with E-state index in [-0.39, 0.29) is 49.6 Å². The first kappa shape index (κ1) is 30.8. The molecule has 0 aromatic carbocycles. The van der Waals surface area contributed by atoms with Crippen molar-refractivity contribution in [2.45, 2.75) is 12.8 Å². The Kier molecular flexibility index (Phi) is 25.7. The smallest absolute Gasteiger partial charge is 0.0106 e. The van der Waals surface area contributed by atoms with Crippen LogP contribution < -0.4 is 0 Å². The topological polar surface area (TPSA) is 13.0 Å². The first-order valence-corrected chi connectivity index (χ1v) is 7.32. The van der Waals surface area contributed by atoms with Crippen molar-refractivity contribution >= 4 is 49.6 Å². The normalized spacial score (nSPS) is 21.3. The lowest BCUT2D eigenvalue weighted by molar-refractivity contribution is 0.206. The van der Waals surface area contributed by atoms with Gasteiger partial charge in [-0.1, -0.05) is 0 Å². The average Bonchev–Trinajstić information content (AvgIpc) is 2.33. The molecule has 1 heterocycles. The molecule has 0 N–H and O–H groups in total. The van der Waals surface area contributed by atoms with Gasteiger partial charge in [0.15, 0.2) is 0 Å². The minimum absolute atomic E-state index is 0. The van der Waals surface area contributed by atoms with Gasteiger partial charge < -0.3 is 19.6 Å². The van der Waals surface area contributed by atoms with E-state index in [9.17, 15) is 0 Å². The Morgan fingerprint density at radius 2 is 0.545 bits per heavy atom. The molecule has 0 radical (unpaired) electrons. The van der Waals surface area contributed by atoms with Crippen LogP contribution in [0.5, 0.6) is 0 Å². The monoisotopic (exact) mass is 400 g/mol. The number of halogens is 4. The molecule has 140 valence electrons. The van der Waals surface area contributed by atoms with Gasteiger partial charge in [0.2, 0.25) is 0 Å². The molecular weight excluding hydrogens is 366 g/mol. The summed E-state index contributed by atoms with van der Waals surface area (Å²) in [6, 6.07) is 0. The van der Waals surface area contributed by atoms with Gasteiger partial charge in [0.05, 0.1) is 0 Å². The fraction of sp³-hybridized carbons (Fsp3) is 1.00. The molecule has 0 atom stereocenters. The largest absolute Gasteiger partial charge is 0.305 e. The minimum atomic E-state index is 0. The molecule has 0 amide bonds. The van der Waals surface area contributed by atoms with Gasteiger partial charge in [-0.2, -0.15) is 0 Å². The summed E-state index contributed by atoms with van der Waals surface area (Å²) in [7, 11) is 8.97. The maximum atomic E-state index is 2.46. The quantitative estimate of drug-likeness (QED) is 0.616. The molecule has 0 spiro atoms. The maximum Gasteiger partial charge on any atom is 0.0106 e. The highest BCUT2D eigenvalue weighted by molar-refractivity contribution is 5.86. The highest BCUT2D eigenvalue weighted by Gasteiger charge is 2.07. The summed E-state index contributed by atoms with van der Waals surface area (Å²) >= 11 is 0. The summed E-state index contributed by atoms with van der Waals surface area (Å²) in [5, 5.41) is 0. The van der Waals surface area contributed by atoms with Crippen molar-refractivity contribution in [3.8, 4) is 0 Å². The Labute approximate surface area is 162 Å². The highest BCUT2D eigenvalue weighted by atomic mass is 35.5. The third-order valence-electron chi connectivity index (χ3n) is 3.89. The number of hydrogen-bond donors (Lipinski definition) is 0. The maximum absolute atomic E-state index is 2.46. The Balaban J connectivity index is -0.000000405. The second-order valence-corrected chi connectivity index (χ2v) is 5.92. The Bertz CT molecular complexity index is 183. The van der Waals surface area contributed by atoms with E-state index in [0.29, 0.717) is 0 Å². The van der Waals surface area contributed by atoms with Crippen molar-refractivity contribution in [1.29, 1.82) is 0 Å². The van der Waals surface area contributed by atoms with Crippen molar-refractivity contribution in [3.63, 3.8) is 0 Å². The molecular formula is C14H36Cl4N4. The van der Waals surface area contributed by atoms with Gasteiger partial charge in [0, 0.05) is 26.2 Å². The van der Waals surface area contributed by atoms with Crippen LogP contribution in [0.3, 0.4) is 0 Å². The molecule has 1 aliphatic rings. The first-order valence-electron chi connectivity index (χ1n) is 7.32. The Morgan fingerprint density at radius 3 is 0.727 bits per heavy atom. The van der Waals surface area contributed by atoms with Gasteiger partial charge in [0.1, 0.15) is 0 Å². The van der Waals surface area contributed by atoms with Crippen LogP contribution in [0, 0.1) is 0 Å². The molecule has 0 aromatic heterocycles. The SMILES string of the molecule is CN1CCCN(C)CCN(C)CCCN(C)CC1.Cl.Cl.Cl.Cl. The fourth-order valence-electron chi connectivity index (χ4n) is 2.35. The van der Waals surface area contributed by atoms with E-state index >= 15 is 0 Å². The Morgan fingerprint density at radius 1 is 0.364 bits per heavy atom. The molecule has 0 aromatic rings. The van der Waals surface area contributed by atoms with Crippen molar-refractivity contribution in [2.24, 2.45) is 0 Å². The summed E-state index contributed by atoms with van der Waals surface area (Å²) in [6.45, 7) is 9.63. The van der Waals surface area contributed by atoms with Gasteiger partial charge in [-0.3, -0.25) is 0 Å². The zero-order valence-corrected chi connectivity index (χ0v) is 17.8. The predicted octanol–water partition coefficient (Wildman–Crippen LogP) is 2.19. The molecule has 8 heteroatoms. The molecule has 0 bridgehead atoms. The summed E-state index contributed by atoms with van der Waals surface area (Å²) in [6.07, 6.45) is 2.56. The molecule has 0 saturated carbocycles. The second-order valence-electron chi connectivity index (χ2n) is 5.92. The number of likely N-dealkylation sites (N-methyl/N-ethyl adjacent to an activating group) is 4. The van der Waals surface area contributed by atoms with E-state index < -0.39 is 0 Å². The van der Waals surface area contributed by atoms with Crippen molar-refractivity contribution in [2.75, 3.05) is 80.5 Å². The molecule has 0 unspecified atom stereocenters. The van der Waals surface area contributed by atoms with Crippen LogP contribution in [0.15, 0.2) is 0 Å². The zero-order chi connectivity index (χ0) is 13.4. The lowest BCUT2D eigenvalue weighted by Crippen LogP contribution is -2.37. The van der Waals surface area contributed by atoms with E-state index in [1.165, 1.54) is 65.2 Å². The summed E-state index contributed by atoms with van der Waals surface area (Å²) in [5.41, 5.74) is 0. The molecule has 0 aliphatic carbocycles. The molecule has 1 aliphatic heterocycles. The number of rotatable bonds is 0. The van der Waals surface area contributed by atoms with Gasteiger partial charge >= 0.3 is 0 Å².